The molecule has 1 aromatic heterocycles. The second-order valence-corrected chi connectivity index (χ2v) is 5.65. The summed E-state index contributed by atoms with van der Waals surface area (Å²) in [6.07, 6.45) is 7.55. The average Bonchev–Trinajstić information content (AvgIpc) is 3.21. The van der Waals surface area contributed by atoms with Crippen LogP contribution < -0.4 is 5.73 Å². The Hall–Kier alpha value is -1.81. The van der Waals surface area contributed by atoms with Gasteiger partial charge in [-0.05, 0) is 30.5 Å². The minimum absolute atomic E-state index is 0.757. The van der Waals surface area contributed by atoms with Crippen molar-refractivity contribution in [3.8, 4) is 0 Å². The van der Waals surface area contributed by atoms with Gasteiger partial charge < -0.3 is 10.3 Å². The molecule has 0 radical (unpaired) electrons. The van der Waals surface area contributed by atoms with Gasteiger partial charge in [0.1, 0.15) is 5.82 Å². The van der Waals surface area contributed by atoms with Gasteiger partial charge in [0, 0.05) is 50.7 Å². The van der Waals surface area contributed by atoms with E-state index in [-0.39, 0.29) is 0 Å². The van der Waals surface area contributed by atoms with Crippen LogP contribution in [0.4, 0.5) is 5.69 Å². The number of benzene rings is 1. The van der Waals surface area contributed by atoms with Gasteiger partial charge in [-0.3, -0.25) is 4.90 Å². The van der Waals surface area contributed by atoms with Crippen molar-refractivity contribution in [2.75, 3.05) is 12.3 Å². The summed E-state index contributed by atoms with van der Waals surface area (Å²) in [6.45, 7) is 2.08. The molecule has 0 spiro atoms. The highest BCUT2D eigenvalue weighted by Gasteiger charge is 2.28. The third kappa shape index (κ3) is 3.20. The van der Waals surface area contributed by atoms with Crippen molar-refractivity contribution in [1.82, 2.24) is 14.5 Å². The number of aryl methyl sites for hydroxylation is 1. The van der Waals surface area contributed by atoms with Crippen LogP contribution in [0.1, 0.15) is 24.2 Å². The van der Waals surface area contributed by atoms with Gasteiger partial charge in [-0.1, -0.05) is 12.1 Å². The molecule has 0 aliphatic heterocycles. The molecule has 4 heteroatoms. The minimum Gasteiger partial charge on any atom is -0.399 e. The number of hydrogen-bond donors (Lipinski definition) is 1. The van der Waals surface area contributed by atoms with Crippen molar-refractivity contribution in [3.05, 3.63) is 48.0 Å². The van der Waals surface area contributed by atoms with Gasteiger partial charge in [0.05, 0.1) is 0 Å². The lowest BCUT2D eigenvalue weighted by Gasteiger charge is -2.22. The number of rotatable bonds is 6. The van der Waals surface area contributed by atoms with E-state index in [9.17, 15) is 0 Å². The molecular weight excluding hydrogens is 248 g/mol. The molecule has 4 nitrogen and oxygen atoms in total. The Balaban J connectivity index is 1.61. The van der Waals surface area contributed by atoms with E-state index in [2.05, 4.69) is 33.6 Å². The van der Waals surface area contributed by atoms with E-state index >= 15 is 0 Å². The standard InChI is InChI=1S/C16H22N4/c1-19-11-9-18-16(19)8-10-20(15-6-7-15)12-13-2-4-14(17)5-3-13/h2-5,9,11,15H,6-8,10,12,17H2,1H3. The fourth-order valence-electron chi connectivity index (χ4n) is 2.57. The van der Waals surface area contributed by atoms with Crippen LogP contribution in [0.3, 0.4) is 0 Å². The Bertz CT molecular complexity index is 554. The van der Waals surface area contributed by atoms with Crippen molar-refractivity contribution < 1.29 is 0 Å². The molecule has 1 aliphatic carbocycles. The van der Waals surface area contributed by atoms with E-state index in [1.165, 1.54) is 18.4 Å². The number of nitrogen functional groups attached to an aromatic ring is 1. The number of nitrogens with zero attached hydrogens (tertiary/aromatic N) is 3. The molecular formula is C16H22N4. The Morgan fingerprint density at radius 1 is 1.30 bits per heavy atom. The SMILES string of the molecule is Cn1ccnc1CCN(Cc1ccc(N)cc1)C1CC1. The number of imidazole rings is 1. The quantitative estimate of drug-likeness (QED) is 0.819. The lowest BCUT2D eigenvalue weighted by Crippen LogP contribution is -2.28. The fraction of sp³-hybridized carbons (Fsp3) is 0.438. The molecule has 106 valence electrons. The molecule has 1 fully saturated rings. The zero-order valence-electron chi connectivity index (χ0n) is 12.0. The number of aromatic nitrogens is 2. The molecule has 1 aliphatic rings. The van der Waals surface area contributed by atoms with E-state index in [4.69, 9.17) is 5.73 Å². The first-order valence-electron chi connectivity index (χ1n) is 7.27. The first-order chi connectivity index (χ1) is 9.72. The third-order valence-corrected chi connectivity index (χ3v) is 3.97. The zero-order chi connectivity index (χ0) is 13.9. The highest BCUT2D eigenvalue weighted by molar-refractivity contribution is 5.39. The van der Waals surface area contributed by atoms with E-state index < -0.39 is 0 Å². The van der Waals surface area contributed by atoms with Gasteiger partial charge in [-0.15, -0.1) is 0 Å². The van der Waals surface area contributed by atoms with Crippen molar-refractivity contribution in [2.24, 2.45) is 7.05 Å². The summed E-state index contributed by atoms with van der Waals surface area (Å²) in [6, 6.07) is 8.99. The number of hydrogen-bond acceptors (Lipinski definition) is 3. The van der Waals surface area contributed by atoms with Crippen LogP contribution in [0.2, 0.25) is 0 Å². The number of nitrogens with two attached hydrogens (primary N) is 1. The van der Waals surface area contributed by atoms with Crippen LogP contribution in [-0.4, -0.2) is 27.0 Å². The smallest absolute Gasteiger partial charge is 0.109 e. The molecule has 1 saturated carbocycles. The van der Waals surface area contributed by atoms with Crippen LogP contribution >= 0.6 is 0 Å². The number of anilines is 1. The normalized spacial score (nSPS) is 14.9. The van der Waals surface area contributed by atoms with Crippen LogP contribution in [-0.2, 0) is 20.0 Å². The maximum atomic E-state index is 5.74. The highest BCUT2D eigenvalue weighted by Crippen LogP contribution is 2.28. The average molecular weight is 270 g/mol. The maximum Gasteiger partial charge on any atom is 0.109 e. The molecule has 0 bridgehead atoms. The maximum absolute atomic E-state index is 5.74. The van der Waals surface area contributed by atoms with Crippen molar-refractivity contribution in [1.29, 1.82) is 0 Å². The van der Waals surface area contributed by atoms with Gasteiger partial charge in [0.15, 0.2) is 0 Å². The molecule has 1 heterocycles. The molecule has 0 saturated heterocycles. The summed E-state index contributed by atoms with van der Waals surface area (Å²) in [5, 5.41) is 0. The highest BCUT2D eigenvalue weighted by atomic mass is 15.2. The third-order valence-electron chi connectivity index (χ3n) is 3.97. The topological polar surface area (TPSA) is 47.1 Å². The zero-order valence-corrected chi connectivity index (χ0v) is 12.0. The summed E-state index contributed by atoms with van der Waals surface area (Å²) in [5.41, 5.74) is 7.92. The predicted molar refractivity (Wildman–Crippen MR) is 81.2 cm³/mol. The van der Waals surface area contributed by atoms with E-state index in [1.807, 2.05) is 24.5 Å². The van der Waals surface area contributed by atoms with Crippen LogP contribution in [0, 0.1) is 0 Å². The van der Waals surface area contributed by atoms with Gasteiger partial charge in [-0.25, -0.2) is 4.98 Å². The lowest BCUT2D eigenvalue weighted by molar-refractivity contribution is 0.255. The molecule has 0 unspecified atom stereocenters. The summed E-state index contributed by atoms with van der Waals surface area (Å²) >= 11 is 0. The van der Waals surface area contributed by atoms with Crippen molar-refractivity contribution in [3.63, 3.8) is 0 Å². The van der Waals surface area contributed by atoms with Crippen molar-refractivity contribution in [2.45, 2.75) is 31.8 Å². The van der Waals surface area contributed by atoms with Crippen LogP contribution in [0.25, 0.3) is 0 Å². The van der Waals surface area contributed by atoms with Gasteiger partial charge in [0.25, 0.3) is 0 Å². The Kier molecular flexibility index (Phi) is 3.74. The second kappa shape index (κ2) is 5.67. The molecule has 0 amide bonds. The monoisotopic (exact) mass is 270 g/mol. The lowest BCUT2D eigenvalue weighted by atomic mass is 10.2. The molecule has 20 heavy (non-hydrogen) atoms. The van der Waals surface area contributed by atoms with Crippen LogP contribution in [0.5, 0.6) is 0 Å². The predicted octanol–water partition coefficient (Wildman–Crippen LogP) is 2.21. The second-order valence-electron chi connectivity index (χ2n) is 5.65. The van der Waals surface area contributed by atoms with Gasteiger partial charge >= 0.3 is 0 Å². The van der Waals surface area contributed by atoms with Crippen molar-refractivity contribution >= 4 is 5.69 Å². The van der Waals surface area contributed by atoms with E-state index in [1.54, 1.807) is 0 Å². The largest absolute Gasteiger partial charge is 0.399 e. The summed E-state index contributed by atoms with van der Waals surface area (Å²) < 4.78 is 2.11. The summed E-state index contributed by atoms with van der Waals surface area (Å²) in [7, 11) is 2.06. The molecule has 2 N–H and O–H groups in total. The Labute approximate surface area is 120 Å². The molecule has 2 aromatic rings. The Morgan fingerprint density at radius 2 is 2.05 bits per heavy atom. The molecule has 1 aromatic carbocycles. The van der Waals surface area contributed by atoms with Crippen LogP contribution in [0.15, 0.2) is 36.7 Å². The van der Waals surface area contributed by atoms with Gasteiger partial charge in [0.2, 0.25) is 0 Å². The van der Waals surface area contributed by atoms with E-state index in [0.717, 1.165) is 37.1 Å². The fourth-order valence-corrected chi connectivity index (χ4v) is 2.57. The molecule has 3 rings (SSSR count). The molecule has 0 atom stereocenters. The first-order valence-corrected chi connectivity index (χ1v) is 7.27. The minimum atomic E-state index is 0.757. The van der Waals surface area contributed by atoms with Gasteiger partial charge in [-0.2, -0.15) is 0 Å². The summed E-state index contributed by atoms with van der Waals surface area (Å²) in [5.74, 6) is 1.16. The Morgan fingerprint density at radius 3 is 2.65 bits per heavy atom. The first kappa shape index (κ1) is 13.2. The van der Waals surface area contributed by atoms with E-state index in [0.29, 0.717) is 0 Å². The summed E-state index contributed by atoms with van der Waals surface area (Å²) in [4.78, 5) is 6.98.